The number of aromatic nitrogens is 1. The molecule has 18 heavy (non-hydrogen) atoms. The zero-order valence-electron chi connectivity index (χ0n) is 9.61. The van der Waals surface area contributed by atoms with Gasteiger partial charge in [0.25, 0.3) is 0 Å². The zero-order valence-corrected chi connectivity index (χ0v) is 10.4. The monoisotopic (exact) mass is 265 g/mol. The van der Waals surface area contributed by atoms with Gasteiger partial charge in [-0.2, -0.15) is 0 Å². The first-order chi connectivity index (χ1) is 8.70. The average Bonchev–Trinajstić information content (AvgIpc) is 2.38. The van der Waals surface area contributed by atoms with Crippen LogP contribution in [-0.4, -0.2) is 4.98 Å². The molecule has 5 heteroatoms. The second-order valence-electron chi connectivity index (χ2n) is 3.93. The van der Waals surface area contributed by atoms with Gasteiger partial charge in [-0.3, -0.25) is 11.3 Å². The van der Waals surface area contributed by atoms with E-state index in [-0.39, 0.29) is 11.9 Å². The van der Waals surface area contributed by atoms with Crippen molar-refractivity contribution >= 4 is 11.6 Å². The Kier molecular flexibility index (Phi) is 4.25. The van der Waals surface area contributed by atoms with Crippen LogP contribution >= 0.6 is 11.6 Å². The Morgan fingerprint density at radius 2 is 2.11 bits per heavy atom. The summed E-state index contributed by atoms with van der Waals surface area (Å²) < 4.78 is 13.6. The Hall–Kier alpha value is -1.49. The Bertz CT molecular complexity index is 533. The highest BCUT2D eigenvalue weighted by atomic mass is 35.5. The number of halogens is 2. The van der Waals surface area contributed by atoms with Crippen molar-refractivity contribution in [2.75, 3.05) is 0 Å². The van der Waals surface area contributed by atoms with Crippen molar-refractivity contribution in [1.82, 2.24) is 10.4 Å². The van der Waals surface area contributed by atoms with Gasteiger partial charge in [-0.1, -0.05) is 29.8 Å². The van der Waals surface area contributed by atoms with E-state index in [1.165, 1.54) is 6.07 Å². The average molecular weight is 266 g/mol. The summed E-state index contributed by atoms with van der Waals surface area (Å²) in [5.74, 6) is 5.28. The summed E-state index contributed by atoms with van der Waals surface area (Å²) in [5.41, 5.74) is 4.15. The fourth-order valence-electron chi connectivity index (χ4n) is 1.79. The summed E-state index contributed by atoms with van der Waals surface area (Å²) >= 11 is 5.83. The van der Waals surface area contributed by atoms with E-state index in [9.17, 15) is 4.39 Å². The van der Waals surface area contributed by atoms with Crippen molar-refractivity contribution in [1.29, 1.82) is 0 Å². The summed E-state index contributed by atoms with van der Waals surface area (Å²) in [4.78, 5) is 3.90. The smallest absolute Gasteiger partial charge is 0.129 e. The van der Waals surface area contributed by atoms with Crippen LogP contribution in [0.3, 0.4) is 0 Å². The fraction of sp³-hybridized carbons (Fsp3) is 0.154. The lowest BCUT2D eigenvalue weighted by Gasteiger charge is -2.16. The lowest BCUT2D eigenvalue weighted by atomic mass is 10.00. The van der Waals surface area contributed by atoms with Crippen molar-refractivity contribution < 1.29 is 4.39 Å². The van der Waals surface area contributed by atoms with Gasteiger partial charge in [-0.05, 0) is 35.7 Å². The highest BCUT2D eigenvalue weighted by Gasteiger charge is 2.13. The van der Waals surface area contributed by atoms with Crippen LogP contribution in [0.4, 0.5) is 4.39 Å². The van der Waals surface area contributed by atoms with Crippen molar-refractivity contribution in [2.24, 2.45) is 5.84 Å². The molecule has 0 aliphatic carbocycles. The van der Waals surface area contributed by atoms with E-state index in [0.29, 0.717) is 17.1 Å². The number of hydrogen-bond donors (Lipinski definition) is 2. The first-order valence-electron chi connectivity index (χ1n) is 5.51. The van der Waals surface area contributed by atoms with Crippen molar-refractivity contribution in [3.05, 3.63) is 64.7 Å². The number of nitrogens with two attached hydrogens (primary N) is 1. The molecule has 0 bridgehead atoms. The minimum Gasteiger partial charge on any atom is -0.271 e. The molecule has 0 saturated carbocycles. The fourth-order valence-corrected chi connectivity index (χ4v) is 1.97. The number of nitrogens with one attached hydrogen (secondary N) is 1. The van der Waals surface area contributed by atoms with E-state index in [1.54, 1.807) is 36.5 Å². The van der Waals surface area contributed by atoms with E-state index in [0.717, 1.165) is 5.56 Å². The number of nitrogens with zero attached hydrogens (tertiary/aromatic N) is 1. The molecular weight excluding hydrogens is 253 g/mol. The molecule has 0 amide bonds. The molecule has 1 aromatic carbocycles. The van der Waals surface area contributed by atoms with Gasteiger partial charge >= 0.3 is 0 Å². The first-order valence-corrected chi connectivity index (χ1v) is 5.89. The maximum atomic E-state index is 13.6. The van der Waals surface area contributed by atoms with Crippen LogP contribution in [0.2, 0.25) is 5.15 Å². The van der Waals surface area contributed by atoms with E-state index >= 15 is 0 Å². The van der Waals surface area contributed by atoms with Crippen molar-refractivity contribution in [3.63, 3.8) is 0 Å². The Labute approximate surface area is 110 Å². The van der Waals surface area contributed by atoms with Crippen molar-refractivity contribution in [2.45, 2.75) is 12.5 Å². The molecule has 0 spiro atoms. The Morgan fingerprint density at radius 3 is 2.78 bits per heavy atom. The first kappa shape index (κ1) is 13.0. The maximum absolute atomic E-state index is 13.6. The standard InChI is InChI=1S/C13H13ClFN3/c14-13-8-10(5-6-17-13)12(18-16)7-9-3-1-2-4-11(9)15/h1-6,8,12,18H,7,16H2. The minimum atomic E-state index is -0.238. The topological polar surface area (TPSA) is 50.9 Å². The highest BCUT2D eigenvalue weighted by Crippen LogP contribution is 2.20. The third-order valence-corrected chi connectivity index (χ3v) is 2.94. The van der Waals surface area contributed by atoms with Gasteiger partial charge < -0.3 is 0 Å². The lowest BCUT2D eigenvalue weighted by molar-refractivity contribution is 0.529. The zero-order chi connectivity index (χ0) is 13.0. The molecule has 0 fully saturated rings. The summed E-state index contributed by atoms with van der Waals surface area (Å²) in [6.45, 7) is 0. The van der Waals surface area contributed by atoms with Crippen LogP contribution in [0.5, 0.6) is 0 Å². The number of benzene rings is 1. The van der Waals surface area contributed by atoms with Gasteiger partial charge in [0.2, 0.25) is 0 Å². The summed E-state index contributed by atoms with van der Waals surface area (Å²) in [5, 5.41) is 0.390. The molecule has 0 aliphatic rings. The van der Waals surface area contributed by atoms with Crippen molar-refractivity contribution in [3.8, 4) is 0 Å². The molecule has 0 radical (unpaired) electrons. The van der Waals surface area contributed by atoms with Crippen LogP contribution in [0.15, 0.2) is 42.6 Å². The van der Waals surface area contributed by atoms with Gasteiger partial charge in [0.05, 0.1) is 6.04 Å². The number of rotatable bonds is 4. The third kappa shape index (κ3) is 3.04. The number of pyridine rings is 1. The SMILES string of the molecule is NNC(Cc1ccccc1F)c1ccnc(Cl)c1. The van der Waals surface area contributed by atoms with Crippen LogP contribution in [0.25, 0.3) is 0 Å². The van der Waals surface area contributed by atoms with Crippen LogP contribution < -0.4 is 11.3 Å². The second-order valence-corrected chi connectivity index (χ2v) is 4.31. The molecule has 0 saturated heterocycles. The van der Waals surface area contributed by atoms with E-state index < -0.39 is 0 Å². The van der Waals surface area contributed by atoms with Gasteiger partial charge in [0.1, 0.15) is 11.0 Å². The molecule has 1 unspecified atom stereocenters. The second kappa shape index (κ2) is 5.91. The Morgan fingerprint density at radius 1 is 1.33 bits per heavy atom. The highest BCUT2D eigenvalue weighted by molar-refractivity contribution is 6.29. The minimum absolute atomic E-state index is 0.206. The molecule has 2 rings (SSSR count). The molecule has 94 valence electrons. The predicted octanol–water partition coefficient (Wildman–Crippen LogP) is 2.62. The predicted molar refractivity (Wildman–Crippen MR) is 69.4 cm³/mol. The molecule has 1 atom stereocenters. The van der Waals surface area contributed by atoms with E-state index in [4.69, 9.17) is 17.4 Å². The molecule has 1 heterocycles. The van der Waals surface area contributed by atoms with Gasteiger partial charge in [0, 0.05) is 6.20 Å². The Balaban J connectivity index is 2.23. The number of hydrogen-bond acceptors (Lipinski definition) is 3. The summed E-state index contributed by atoms with van der Waals surface area (Å²) in [7, 11) is 0. The summed E-state index contributed by atoms with van der Waals surface area (Å²) in [6, 6.07) is 9.94. The third-order valence-electron chi connectivity index (χ3n) is 2.74. The normalized spacial score (nSPS) is 12.4. The number of hydrazine groups is 1. The lowest BCUT2D eigenvalue weighted by Crippen LogP contribution is -2.29. The molecule has 3 N–H and O–H groups in total. The van der Waals surface area contributed by atoms with E-state index in [2.05, 4.69) is 10.4 Å². The molecule has 1 aromatic heterocycles. The van der Waals surface area contributed by atoms with Gasteiger partial charge in [-0.25, -0.2) is 9.37 Å². The van der Waals surface area contributed by atoms with Gasteiger partial charge in [-0.15, -0.1) is 0 Å². The quantitative estimate of drug-likeness (QED) is 0.508. The summed E-state index contributed by atoms with van der Waals surface area (Å²) in [6.07, 6.45) is 2.05. The van der Waals surface area contributed by atoms with E-state index in [1.807, 2.05) is 0 Å². The van der Waals surface area contributed by atoms with Gasteiger partial charge in [0.15, 0.2) is 0 Å². The van der Waals surface area contributed by atoms with Crippen LogP contribution in [0.1, 0.15) is 17.2 Å². The maximum Gasteiger partial charge on any atom is 0.129 e. The molecular formula is C13H13ClFN3. The van der Waals surface area contributed by atoms with Crippen LogP contribution in [-0.2, 0) is 6.42 Å². The molecule has 0 aliphatic heterocycles. The molecule has 2 aromatic rings. The van der Waals surface area contributed by atoms with Crippen LogP contribution in [0, 0.1) is 5.82 Å². The largest absolute Gasteiger partial charge is 0.271 e. The molecule has 3 nitrogen and oxygen atoms in total.